The van der Waals surface area contributed by atoms with Crippen molar-refractivity contribution in [2.75, 3.05) is 20.7 Å². The van der Waals surface area contributed by atoms with Crippen molar-refractivity contribution in [3.8, 4) is 5.75 Å². The summed E-state index contributed by atoms with van der Waals surface area (Å²) in [5, 5.41) is 10.8. The van der Waals surface area contributed by atoms with Crippen LogP contribution in [0.4, 0.5) is 0 Å². The van der Waals surface area contributed by atoms with Gasteiger partial charge < -0.3 is 15.4 Å². The summed E-state index contributed by atoms with van der Waals surface area (Å²) in [6.07, 6.45) is 3.88. The second kappa shape index (κ2) is 8.07. The number of methoxy groups -OCH3 is 1. The Morgan fingerprint density at radius 1 is 1.32 bits per heavy atom. The number of nitrogens with one attached hydrogen (secondary N) is 2. The van der Waals surface area contributed by atoms with E-state index in [1.165, 1.54) is 5.56 Å². The molecular weight excluding hydrogens is 278 g/mol. The molecule has 0 spiro atoms. The van der Waals surface area contributed by atoms with Crippen LogP contribution in [-0.2, 0) is 13.1 Å². The molecular formula is C16H23N5O. The van der Waals surface area contributed by atoms with Gasteiger partial charge in [0.25, 0.3) is 0 Å². The molecule has 2 N–H and O–H groups in total. The van der Waals surface area contributed by atoms with Gasteiger partial charge in [0.2, 0.25) is 0 Å². The summed E-state index contributed by atoms with van der Waals surface area (Å²) in [4.78, 5) is 4.22. The van der Waals surface area contributed by atoms with E-state index in [1.807, 2.05) is 48.3 Å². The third kappa shape index (κ3) is 4.51. The van der Waals surface area contributed by atoms with Crippen molar-refractivity contribution in [1.82, 2.24) is 20.4 Å². The lowest BCUT2D eigenvalue weighted by atomic mass is 10.2. The molecule has 0 bridgehead atoms. The molecule has 2 rings (SSSR count). The maximum Gasteiger partial charge on any atom is 0.191 e. The number of aliphatic imine (C=N–C) groups is 1. The molecule has 0 atom stereocenters. The fourth-order valence-electron chi connectivity index (χ4n) is 2.13. The molecule has 2 aromatic rings. The van der Waals surface area contributed by atoms with Crippen LogP contribution in [-0.4, -0.2) is 36.4 Å². The maximum atomic E-state index is 5.34. The molecule has 0 amide bonds. The van der Waals surface area contributed by atoms with Gasteiger partial charge in [-0.25, -0.2) is 0 Å². The summed E-state index contributed by atoms with van der Waals surface area (Å²) in [5.74, 6) is 1.63. The minimum absolute atomic E-state index is 0.657. The molecule has 0 radical (unpaired) electrons. The summed E-state index contributed by atoms with van der Waals surface area (Å²) in [7, 11) is 3.44. The summed E-state index contributed by atoms with van der Waals surface area (Å²) in [6, 6.07) is 7.94. The first kappa shape index (κ1) is 15.9. The Bertz CT molecular complexity index is 621. The van der Waals surface area contributed by atoms with Gasteiger partial charge in [-0.15, -0.1) is 0 Å². The van der Waals surface area contributed by atoms with Crippen LogP contribution >= 0.6 is 0 Å². The van der Waals surface area contributed by atoms with E-state index in [2.05, 4.69) is 20.7 Å². The van der Waals surface area contributed by atoms with Crippen molar-refractivity contribution in [3.05, 3.63) is 47.8 Å². The zero-order valence-electron chi connectivity index (χ0n) is 13.3. The van der Waals surface area contributed by atoms with Gasteiger partial charge in [-0.2, -0.15) is 5.10 Å². The van der Waals surface area contributed by atoms with E-state index in [4.69, 9.17) is 4.74 Å². The van der Waals surface area contributed by atoms with Crippen LogP contribution < -0.4 is 15.4 Å². The highest BCUT2D eigenvalue weighted by Crippen LogP contribution is 2.16. The molecule has 6 heteroatoms. The van der Waals surface area contributed by atoms with Crippen molar-refractivity contribution in [2.45, 2.75) is 20.0 Å². The fourth-order valence-corrected chi connectivity index (χ4v) is 2.13. The molecule has 6 nitrogen and oxygen atoms in total. The summed E-state index contributed by atoms with van der Waals surface area (Å²) < 4.78 is 7.25. The molecule has 0 aliphatic carbocycles. The van der Waals surface area contributed by atoms with Crippen LogP contribution in [0, 0.1) is 6.92 Å². The lowest BCUT2D eigenvalue weighted by molar-refractivity contribution is 0.409. The van der Waals surface area contributed by atoms with Gasteiger partial charge in [0.1, 0.15) is 5.75 Å². The molecule has 0 aliphatic heterocycles. The average Bonchev–Trinajstić information content (AvgIpc) is 2.96. The smallest absolute Gasteiger partial charge is 0.191 e. The van der Waals surface area contributed by atoms with Crippen molar-refractivity contribution < 1.29 is 4.74 Å². The first-order valence-corrected chi connectivity index (χ1v) is 7.28. The third-order valence-electron chi connectivity index (χ3n) is 3.26. The molecule has 1 aromatic heterocycles. The van der Waals surface area contributed by atoms with E-state index >= 15 is 0 Å². The van der Waals surface area contributed by atoms with E-state index in [9.17, 15) is 0 Å². The van der Waals surface area contributed by atoms with E-state index in [0.717, 1.165) is 30.4 Å². The van der Waals surface area contributed by atoms with Crippen LogP contribution in [0.25, 0.3) is 0 Å². The van der Waals surface area contributed by atoms with Crippen LogP contribution in [0.1, 0.15) is 11.1 Å². The second-order valence-electron chi connectivity index (χ2n) is 4.95. The van der Waals surface area contributed by atoms with Crippen molar-refractivity contribution in [3.63, 3.8) is 0 Å². The van der Waals surface area contributed by atoms with E-state index in [1.54, 1.807) is 14.2 Å². The topological polar surface area (TPSA) is 63.5 Å². The standard InChI is InChI=1S/C16H23N5O/c1-13-10-20-21(12-13)9-8-18-16(17-2)19-11-14-6-4-5-7-15(14)22-3/h4-7,10,12H,8-9,11H2,1-3H3,(H2,17,18,19). The highest BCUT2D eigenvalue weighted by molar-refractivity contribution is 5.79. The molecule has 0 unspecified atom stereocenters. The number of guanidine groups is 1. The number of aryl methyl sites for hydroxylation is 1. The predicted molar refractivity (Wildman–Crippen MR) is 88.2 cm³/mol. The molecule has 1 heterocycles. The van der Waals surface area contributed by atoms with Crippen LogP contribution in [0.3, 0.4) is 0 Å². The van der Waals surface area contributed by atoms with Crippen molar-refractivity contribution >= 4 is 5.96 Å². The number of ether oxygens (including phenoxy) is 1. The number of hydrogen-bond donors (Lipinski definition) is 2. The number of hydrogen-bond acceptors (Lipinski definition) is 3. The monoisotopic (exact) mass is 301 g/mol. The Hall–Kier alpha value is -2.50. The van der Waals surface area contributed by atoms with E-state index < -0.39 is 0 Å². The summed E-state index contributed by atoms with van der Waals surface area (Å²) >= 11 is 0. The predicted octanol–water partition coefficient (Wildman–Crippen LogP) is 1.57. The average molecular weight is 301 g/mol. The Balaban J connectivity index is 1.80. The molecule has 1 aromatic carbocycles. The van der Waals surface area contributed by atoms with Gasteiger partial charge in [0.15, 0.2) is 5.96 Å². The molecule has 0 fully saturated rings. The Morgan fingerprint density at radius 3 is 2.82 bits per heavy atom. The quantitative estimate of drug-likeness (QED) is 0.628. The Kier molecular flexibility index (Phi) is 5.82. The van der Waals surface area contributed by atoms with Gasteiger partial charge in [-0.05, 0) is 18.6 Å². The zero-order valence-corrected chi connectivity index (χ0v) is 13.3. The number of aromatic nitrogens is 2. The van der Waals surface area contributed by atoms with Crippen LogP contribution in [0.15, 0.2) is 41.7 Å². The highest BCUT2D eigenvalue weighted by atomic mass is 16.5. The van der Waals surface area contributed by atoms with E-state index in [-0.39, 0.29) is 0 Å². The van der Waals surface area contributed by atoms with Gasteiger partial charge in [-0.1, -0.05) is 18.2 Å². The summed E-state index contributed by atoms with van der Waals surface area (Å²) in [6.45, 7) is 4.24. The van der Waals surface area contributed by atoms with Crippen LogP contribution in [0.2, 0.25) is 0 Å². The fraction of sp³-hybridized carbons (Fsp3) is 0.375. The first-order valence-electron chi connectivity index (χ1n) is 7.28. The number of benzene rings is 1. The van der Waals surface area contributed by atoms with Gasteiger partial charge in [0.05, 0.1) is 19.9 Å². The van der Waals surface area contributed by atoms with Crippen molar-refractivity contribution in [1.29, 1.82) is 0 Å². The number of nitrogens with zero attached hydrogens (tertiary/aromatic N) is 3. The lowest BCUT2D eigenvalue weighted by Crippen LogP contribution is -2.38. The van der Waals surface area contributed by atoms with Gasteiger partial charge in [0, 0.05) is 31.9 Å². The van der Waals surface area contributed by atoms with Crippen LogP contribution in [0.5, 0.6) is 5.75 Å². The van der Waals surface area contributed by atoms with Gasteiger partial charge >= 0.3 is 0 Å². The Morgan fingerprint density at radius 2 is 2.14 bits per heavy atom. The molecule has 22 heavy (non-hydrogen) atoms. The number of para-hydroxylation sites is 1. The second-order valence-corrected chi connectivity index (χ2v) is 4.95. The maximum absolute atomic E-state index is 5.34. The zero-order chi connectivity index (χ0) is 15.8. The normalized spacial score (nSPS) is 11.3. The third-order valence-corrected chi connectivity index (χ3v) is 3.26. The first-order chi connectivity index (χ1) is 10.7. The van der Waals surface area contributed by atoms with Gasteiger partial charge in [-0.3, -0.25) is 9.67 Å². The highest BCUT2D eigenvalue weighted by Gasteiger charge is 2.03. The molecule has 0 aliphatic rings. The molecule has 0 saturated carbocycles. The number of rotatable bonds is 6. The summed E-state index contributed by atoms with van der Waals surface area (Å²) in [5.41, 5.74) is 2.26. The van der Waals surface area contributed by atoms with E-state index in [0.29, 0.717) is 6.54 Å². The minimum atomic E-state index is 0.657. The lowest BCUT2D eigenvalue weighted by Gasteiger charge is -2.13. The molecule has 0 saturated heterocycles. The SMILES string of the molecule is CN=C(NCCn1cc(C)cn1)NCc1ccccc1OC. The Labute approximate surface area is 131 Å². The largest absolute Gasteiger partial charge is 0.496 e. The minimum Gasteiger partial charge on any atom is -0.496 e. The molecule has 118 valence electrons. The van der Waals surface area contributed by atoms with Crippen molar-refractivity contribution in [2.24, 2.45) is 4.99 Å².